The highest BCUT2D eigenvalue weighted by molar-refractivity contribution is 6.32. The molecule has 0 aliphatic carbocycles. The number of carbonyl (C=O) groups is 2. The zero-order valence-electron chi connectivity index (χ0n) is 11.7. The van der Waals surface area contributed by atoms with Crippen LogP contribution in [0.2, 0.25) is 5.02 Å². The Hall–Kier alpha value is -2.53. The van der Waals surface area contributed by atoms with Crippen molar-refractivity contribution in [1.29, 1.82) is 0 Å². The Kier molecular flexibility index (Phi) is 4.68. The van der Waals surface area contributed by atoms with Crippen molar-refractivity contribution in [2.75, 3.05) is 7.11 Å². The number of carboxylic acids is 2. The number of methoxy groups -OCH3 is 1. The van der Waals surface area contributed by atoms with Crippen LogP contribution in [-0.4, -0.2) is 29.3 Å². The van der Waals surface area contributed by atoms with E-state index in [-0.39, 0.29) is 11.1 Å². The molecule has 22 heavy (non-hydrogen) atoms. The van der Waals surface area contributed by atoms with Crippen LogP contribution in [0.3, 0.4) is 0 Å². The first kappa shape index (κ1) is 15.9. The van der Waals surface area contributed by atoms with Gasteiger partial charge in [-0.1, -0.05) is 17.7 Å². The van der Waals surface area contributed by atoms with Gasteiger partial charge in [0.1, 0.15) is 5.75 Å². The lowest BCUT2D eigenvalue weighted by atomic mass is 9.99. The van der Waals surface area contributed by atoms with Crippen LogP contribution in [0.4, 0.5) is 0 Å². The van der Waals surface area contributed by atoms with Gasteiger partial charge in [0.05, 0.1) is 23.3 Å². The highest BCUT2D eigenvalue weighted by atomic mass is 35.5. The van der Waals surface area contributed by atoms with Gasteiger partial charge < -0.3 is 14.9 Å². The van der Waals surface area contributed by atoms with Gasteiger partial charge in [0, 0.05) is 0 Å². The van der Waals surface area contributed by atoms with E-state index in [1.807, 2.05) is 0 Å². The van der Waals surface area contributed by atoms with E-state index in [9.17, 15) is 9.59 Å². The molecule has 2 aromatic carbocycles. The number of hydrogen-bond donors (Lipinski definition) is 2. The third-order valence-corrected chi connectivity index (χ3v) is 3.41. The maximum Gasteiger partial charge on any atom is 0.335 e. The molecule has 5 nitrogen and oxygen atoms in total. The molecule has 0 heterocycles. The van der Waals surface area contributed by atoms with E-state index in [1.165, 1.54) is 19.2 Å². The molecular weight excluding hydrogens is 308 g/mol. The SMILES string of the molecule is COc1ccc(Cc2cc(C(=O)O)cc(C(=O)O)c2)cc1Cl. The molecule has 114 valence electrons. The van der Waals surface area contributed by atoms with Crippen LogP contribution in [0, 0.1) is 0 Å². The lowest BCUT2D eigenvalue weighted by molar-refractivity contribution is 0.0696. The summed E-state index contributed by atoms with van der Waals surface area (Å²) in [4.78, 5) is 22.2. The maximum atomic E-state index is 11.1. The Bertz CT molecular complexity index is 707. The van der Waals surface area contributed by atoms with Gasteiger partial charge in [-0.25, -0.2) is 9.59 Å². The third kappa shape index (κ3) is 3.56. The number of ether oxygens (including phenoxy) is 1. The van der Waals surface area contributed by atoms with Gasteiger partial charge >= 0.3 is 11.9 Å². The molecular formula is C16H13ClO5. The van der Waals surface area contributed by atoms with Gasteiger partial charge in [-0.3, -0.25) is 0 Å². The molecule has 0 saturated heterocycles. The number of hydrogen-bond acceptors (Lipinski definition) is 3. The fourth-order valence-electron chi connectivity index (χ4n) is 2.10. The minimum atomic E-state index is -1.17. The number of aromatic carboxylic acids is 2. The molecule has 2 aromatic rings. The van der Waals surface area contributed by atoms with Crippen LogP contribution in [0.5, 0.6) is 5.75 Å². The fraction of sp³-hybridized carbons (Fsp3) is 0.125. The molecule has 2 rings (SSSR count). The molecule has 2 N–H and O–H groups in total. The van der Waals surface area contributed by atoms with Crippen LogP contribution >= 0.6 is 11.6 Å². The van der Waals surface area contributed by atoms with Crippen molar-refractivity contribution in [3.63, 3.8) is 0 Å². The van der Waals surface area contributed by atoms with Crippen LogP contribution in [-0.2, 0) is 6.42 Å². The Morgan fingerprint density at radius 2 is 1.59 bits per heavy atom. The van der Waals surface area contributed by atoms with E-state index in [0.29, 0.717) is 22.8 Å². The number of halogens is 1. The van der Waals surface area contributed by atoms with E-state index in [0.717, 1.165) is 11.6 Å². The summed E-state index contributed by atoms with van der Waals surface area (Å²) < 4.78 is 5.06. The average Bonchev–Trinajstić information content (AvgIpc) is 2.47. The Balaban J connectivity index is 2.38. The molecule has 0 radical (unpaired) electrons. The second kappa shape index (κ2) is 6.49. The van der Waals surface area contributed by atoms with Gasteiger partial charge in [0.25, 0.3) is 0 Å². The summed E-state index contributed by atoms with van der Waals surface area (Å²) in [6.45, 7) is 0. The smallest absolute Gasteiger partial charge is 0.335 e. The van der Waals surface area contributed by atoms with Crippen molar-refractivity contribution in [2.24, 2.45) is 0 Å². The Labute approximate surface area is 131 Å². The van der Waals surface area contributed by atoms with Crippen LogP contribution in [0.25, 0.3) is 0 Å². The predicted molar refractivity (Wildman–Crippen MR) is 81.2 cm³/mol. The first-order chi connectivity index (χ1) is 10.4. The van der Waals surface area contributed by atoms with Crippen LogP contribution in [0.1, 0.15) is 31.8 Å². The maximum absolute atomic E-state index is 11.1. The van der Waals surface area contributed by atoms with Crippen molar-refractivity contribution in [3.8, 4) is 5.75 Å². The molecule has 0 fully saturated rings. The molecule has 0 bridgehead atoms. The van der Waals surface area contributed by atoms with Gasteiger partial charge in [0.2, 0.25) is 0 Å². The average molecular weight is 321 g/mol. The minimum Gasteiger partial charge on any atom is -0.495 e. The molecule has 0 aromatic heterocycles. The quantitative estimate of drug-likeness (QED) is 0.882. The summed E-state index contributed by atoms with van der Waals surface area (Å²) in [5.74, 6) is -1.80. The molecule has 0 amide bonds. The summed E-state index contributed by atoms with van der Waals surface area (Å²) in [6.07, 6.45) is 0.366. The third-order valence-electron chi connectivity index (χ3n) is 3.11. The van der Waals surface area contributed by atoms with Crippen LogP contribution < -0.4 is 4.74 Å². The lowest BCUT2D eigenvalue weighted by Crippen LogP contribution is -2.04. The van der Waals surface area contributed by atoms with Crippen molar-refractivity contribution in [1.82, 2.24) is 0 Å². The topological polar surface area (TPSA) is 83.8 Å². The Morgan fingerprint density at radius 3 is 2.05 bits per heavy atom. The van der Waals surface area contributed by atoms with Gasteiger partial charge in [-0.2, -0.15) is 0 Å². The van der Waals surface area contributed by atoms with E-state index < -0.39 is 11.9 Å². The highest BCUT2D eigenvalue weighted by Gasteiger charge is 2.12. The lowest BCUT2D eigenvalue weighted by Gasteiger charge is -2.08. The summed E-state index contributed by atoms with van der Waals surface area (Å²) in [7, 11) is 1.51. The number of carboxylic acid groups (broad SMARTS) is 2. The number of benzene rings is 2. The Morgan fingerprint density at radius 1 is 1.00 bits per heavy atom. The van der Waals surface area contributed by atoms with Crippen LogP contribution in [0.15, 0.2) is 36.4 Å². The molecule has 0 atom stereocenters. The fourth-order valence-corrected chi connectivity index (χ4v) is 2.38. The highest BCUT2D eigenvalue weighted by Crippen LogP contribution is 2.26. The number of rotatable bonds is 5. The van der Waals surface area contributed by atoms with Gasteiger partial charge in [-0.05, 0) is 47.9 Å². The van der Waals surface area contributed by atoms with Crippen molar-refractivity contribution in [3.05, 3.63) is 63.7 Å². The first-order valence-corrected chi connectivity index (χ1v) is 6.71. The second-order valence-corrected chi connectivity index (χ2v) is 5.08. The van der Waals surface area contributed by atoms with Crippen molar-refractivity contribution in [2.45, 2.75) is 6.42 Å². The minimum absolute atomic E-state index is 0.0606. The summed E-state index contributed by atoms with van der Waals surface area (Å²) in [6, 6.07) is 9.23. The normalized spacial score (nSPS) is 10.3. The molecule has 0 saturated carbocycles. The van der Waals surface area contributed by atoms with Crippen molar-refractivity contribution < 1.29 is 24.5 Å². The molecule has 0 aliphatic heterocycles. The second-order valence-electron chi connectivity index (χ2n) is 4.67. The van der Waals surface area contributed by atoms with E-state index in [4.69, 9.17) is 26.6 Å². The molecule has 6 heteroatoms. The molecule has 0 aliphatic rings. The summed E-state index contributed by atoms with van der Waals surface area (Å²) in [5, 5.41) is 18.6. The van der Waals surface area contributed by atoms with E-state index in [1.54, 1.807) is 18.2 Å². The zero-order chi connectivity index (χ0) is 16.3. The van der Waals surface area contributed by atoms with E-state index in [2.05, 4.69) is 0 Å². The largest absolute Gasteiger partial charge is 0.495 e. The van der Waals surface area contributed by atoms with Gasteiger partial charge in [0.15, 0.2) is 0 Å². The zero-order valence-corrected chi connectivity index (χ0v) is 12.4. The molecule has 0 spiro atoms. The molecule has 0 unspecified atom stereocenters. The monoisotopic (exact) mass is 320 g/mol. The summed E-state index contributed by atoms with van der Waals surface area (Å²) in [5.41, 5.74) is 1.28. The van der Waals surface area contributed by atoms with E-state index >= 15 is 0 Å². The van der Waals surface area contributed by atoms with Crippen molar-refractivity contribution >= 4 is 23.5 Å². The summed E-state index contributed by atoms with van der Waals surface area (Å²) >= 11 is 6.05. The van der Waals surface area contributed by atoms with Gasteiger partial charge in [-0.15, -0.1) is 0 Å². The first-order valence-electron chi connectivity index (χ1n) is 6.33. The predicted octanol–water partition coefficient (Wildman–Crippen LogP) is 3.34. The standard InChI is InChI=1S/C16H13ClO5/c1-22-14-3-2-9(7-13(14)17)4-10-5-11(15(18)19)8-12(6-10)16(20)21/h2-3,5-8H,4H2,1H3,(H,18,19)(H,20,21).